The van der Waals surface area contributed by atoms with E-state index in [1.54, 1.807) is 26.6 Å². The largest absolute Gasteiger partial charge is 0.493 e. The molecule has 6 heteroatoms. The average Bonchev–Trinajstić information content (AvgIpc) is 2.69. The summed E-state index contributed by atoms with van der Waals surface area (Å²) < 4.78 is 16.5. The zero-order valence-electron chi connectivity index (χ0n) is 15.2. The van der Waals surface area contributed by atoms with Crippen LogP contribution in [0.4, 0.5) is 0 Å². The molecule has 2 heterocycles. The predicted molar refractivity (Wildman–Crippen MR) is 97.7 cm³/mol. The van der Waals surface area contributed by atoms with E-state index in [2.05, 4.69) is 4.98 Å². The summed E-state index contributed by atoms with van der Waals surface area (Å²) in [7, 11) is 3.19. The highest BCUT2D eigenvalue weighted by molar-refractivity contribution is 5.79. The van der Waals surface area contributed by atoms with Gasteiger partial charge in [0.05, 0.1) is 26.8 Å². The molecule has 0 atom stereocenters. The maximum Gasteiger partial charge on any atom is 0.226 e. The van der Waals surface area contributed by atoms with Gasteiger partial charge in [-0.25, -0.2) is 0 Å². The third-order valence-electron chi connectivity index (χ3n) is 4.54. The Balaban J connectivity index is 1.52. The minimum Gasteiger partial charge on any atom is -0.493 e. The molecule has 1 aromatic heterocycles. The highest BCUT2D eigenvalue weighted by Gasteiger charge is 2.24. The summed E-state index contributed by atoms with van der Waals surface area (Å²) >= 11 is 0. The van der Waals surface area contributed by atoms with Gasteiger partial charge in [-0.15, -0.1) is 0 Å². The van der Waals surface area contributed by atoms with Crippen molar-refractivity contribution in [2.45, 2.75) is 25.4 Å². The van der Waals surface area contributed by atoms with Crippen molar-refractivity contribution in [3.05, 3.63) is 48.3 Å². The van der Waals surface area contributed by atoms with Gasteiger partial charge in [-0.05, 0) is 29.8 Å². The molecule has 0 unspecified atom stereocenters. The SMILES string of the molecule is COc1ccc(CC(=O)N2CCC(Oc3cccnc3)CC2)cc1OC. The van der Waals surface area contributed by atoms with Gasteiger partial charge >= 0.3 is 0 Å². The van der Waals surface area contributed by atoms with Gasteiger partial charge in [0.1, 0.15) is 11.9 Å². The lowest BCUT2D eigenvalue weighted by molar-refractivity contribution is -0.132. The number of piperidine rings is 1. The lowest BCUT2D eigenvalue weighted by Gasteiger charge is -2.32. The minimum absolute atomic E-state index is 0.122. The number of hydrogen-bond donors (Lipinski definition) is 0. The molecule has 26 heavy (non-hydrogen) atoms. The quantitative estimate of drug-likeness (QED) is 0.796. The zero-order chi connectivity index (χ0) is 18.4. The Hall–Kier alpha value is -2.76. The summed E-state index contributed by atoms with van der Waals surface area (Å²) in [5.41, 5.74) is 0.918. The number of benzene rings is 1. The lowest BCUT2D eigenvalue weighted by Crippen LogP contribution is -2.42. The standard InChI is InChI=1S/C20H24N2O4/c1-24-18-6-5-15(12-19(18)25-2)13-20(23)22-10-7-16(8-11-22)26-17-4-3-9-21-14-17/h3-6,9,12,14,16H,7-8,10-11,13H2,1-2H3. The molecule has 3 rings (SSSR count). The number of ether oxygens (including phenoxy) is 3. The number of likely N-dealkylation sites (tertiary alicyclic amines) is 1. The molecule has 0 radical (unpaired) electrons. The number of methoxy groups -OCH3 is 2. The van der Waals surface area contributed by atoms with Gasteiger partial charge in [0, 0.05) is 32.1 Å². The fourth-order valence-corrected chi connectivity index (χ4v) is 3.11. The van der Waals surface area contributed by atoms with E-state index in [-0.39, 0.29) is 12.0 Å². The van der Waals surface area contributed by atoms with E-state index in [0.717, 1.165) is 24.2 Å². The molecule has 1 aliphatic heterocycles. The Labute approximate surface area is 153 Å². The van der Waals surface area contributed by atoms with Gasteiger partial charge < -0.3 is 19.1 Å². The number of amides is 1. The van der Waals surface area contributed by atoms with E-state index < -0.39 is 0 Å². The van der Waals surface area contributed by atoms with E-state index in [1.807, 2.05) is 35.2 Å². The molecule has 6 nitrogen and oxygen atoms in total. The number of pyridine rings is 1. The zero-order valence-corrected chi connectivity index (χ0v) is 15.2. The minimum atomic E-state index is 0.122. The Kier molecular flexibility index (Phi) is 5.94. The van der Waals surface area contributed by atoms with Crippen molar-refractivity contribution in [1.29, 1.82) is 0 Å². The van der Waals surface area contributed by atoms with Gasteiger partial charge in [-0.3, -0.25) is 9.78 Å². The molecular weight excluding hydrogens is 332 g/mol. The van der Waals surface area contributed by atoms with Crippen molar-refractivity contribution in [3.8, 4) is 17.2 Å². The fourth-order valence-electron chi connectivity index (χ4n) is 3.11. The maximum atomic E-state index is 12.6. The summed E-state index contributed by atoms with van der Waals surface area (Å²) in [6, 6.07) is 9.35. The number of hydrogen-bond acceptors (Lipinski definition) is 5. The summed E-state index contributed by atoms with van der Waals surface area (Å²) in [5, 5.41) is 0. The van der Waals surface area contributed by atoms with Crippen molar-refractivity contribution < 1.29 is 19.0 Å². The average molecular weight is 356 g/mol. The van der Waals surface area contributed by atoms with Crippen LogP contribution in [0, 0.1) is 0 Å². The fraction of sp³-hybridized carbons (Fsp3) is 0.400. The van der Waals surface area contributed by atoms with Gasteiger partial charge in [0.25, 0.3) is 0 Å². The van der Waals surface area contributed by atoms with Crippen LogP contribution in [-0.4, -0.2) is 49.2 Å². The number of aromatic nitrogens is 1. The highest BCUT2D eigenvalue weighted by atomic mass is 16.5. The second-order valence-corrected chi connectivity index (χ2v) is 6.25. The molecule has 1 aromatic carbocycles. The van der Waals surface area contributed by atoms with Crippen LogP contribution < -0.4 is 14.2 Å². The molecule has 0 saturated carbocycles. The van der Waals surface area contributed by atoms with Crippen LogP contribution in [0.3, 0.4) is 0 Å². The Morgan fingerprint density at radius 1 is 1.15 bits per heavy atom. The van der Waals surface area contributed by atoms with E-state index in [9.17, 15) is 4.79 Å². The van der Waals surface area contributed by atoms with Crippen molar-refractivity contribution >= 4 is 5.91 Å². The summed E-state index contributed by atoms with van der Waals surface area (Å²) in [5.74, 6) is 2.21. The van der Waals surface area contributed by atoms with Crippen LogP contribution in [0.2, 0.25) is 0 Å². The molecule has 1 amide bonds. The van der Waals surface area contributed by atoms with Gasteiger partial charge in [-0.1, -0.05) is 6.07 Å². The summed E-state index contributed by atoms with van der Waals surface area (Å²) in [4.78, 5) is 18.6. The molecule has 0 bridgehead atoms. The number of carbonyl (C=O) groups is 1. The molecule has 0 aliphatic carbocycles. The van der Waals surface area contributed by atoms with Gasteiger partial charge in [0.15, 0.2) is 11.5 Å². The molecule has 0 N–H and O–H groups in total. The molecule has 0 spiro atoms. The van der Waals surface area contributed by atoms with E-state index >= 15 is 0 Å². The van der Waals surface area contributed by atoms with Crippen LogP contribution in [-0.2, 0) is 11.2 Å². The normalized spacial score (nSPS) is 14.8. The third kappa shape index (κ3) is 4.45. The van der Waals surface area contributed by atoms with Crippen LogP contribution >= 0.6 is 0 Å². The van der Waals surface area contributed by atoms with E-state index in [4.69, 9.17) is 14.2 Å². The molecule has 1 fully saturated rings. The van der Waals surface area contributed by atoms with E-state index in [1.165, 1.54) is 0 Å². The van der Waals surface area contributed by atoms with E-state index in [0.29, 0.717) is 31.0 Å². The van der Waals surface area contributed by atoms with Crippen LogP contribution in [0.15, 0.2) is 42.7 Å². The van der Waals surface area contributed by atoms with Crippen molar-refractivity contribution in [2.75, 3.05) is 27.3 Å². The third-order valence-corrected chi connectivity index (χ3v) is 4.54. The molecule has 2 aromatic rings. The first kappa shape index (κ1) is 18.0. The van der Waals surface area contributed by atoms with Gasteiger partial charge in [-0.2, -0.15) is 0 Å². The van der Waals surface area contributed by atoms with Crippen molar-refractivity contribution in [3.63, 3.8) is 0 Å². The Morgan fingerprint density at radius 2 is 1.92 bits per heavy atom. The van der Waals surface area contributed by atoms with Crippen LogP contribution in [0.25, 0.3) is 0 Å². The van der Waals surface area contributed by atoms with Crippen molar-refractivity contribution in [2.24, 2.45) is 0 Å². The first-order chi connectivity index (χ1) is 12.7. The Morgan fingerprint density at radius 3 is 2.58 bits per heavy atom. The van der Waals surface area contributed by atoms with Crippen LogP contribution in [0.1, 0.15) is 18.4 Å². The number of rotatable bonds is 6. The summed E-state index contributed by atoms with van der Waals surface area (Å²) in [6.07, 6.45) is 5.58. The second-order valence-electron chi connectivity index (χ2n) is 6.25. The number of carbonyl (C=O) groups excluding carboxylic acids is 1. The second kappa shape index (κ2) is 8.56. The molecule has 1 aliphatic rings. The first-order valence-electron chi connectivity index (χ1n) is 8.75. The highest BCUT2D eigenvalue weighted by Crippen LogP contribution is 2.28. The Bertz CT molecular complexity index is 728. The van der Waals surface area contributed by atoms with Crippen molar-refractivity contribution in [1.82, 2.24) is 9.88 Å². The lowest BCUT2D eigenvalue weighted by atomic mass is 10.1. The van der Waals surface area contributed by atoms with Gasteiger partial charge in [0.2, 0.25) is 5.91 Å². The predicted octanol–water partition coefficient (Wildman–Crippen LogP) is 2.71. The smallest absolute Gasteiger partial charge is 0.226 e. The number of nitrogens with zero attached hydrogens (tertiary/aromatic N) is 2. The monoisotopic (exact) mass is 356 g/mol. The van der Waals surface area contributed by atoms with Crippen LogP contribution in [0.5, 0.6) is 17.2 Å². The summed E-state index contributed by atoms with van der Waals surface area (Å²) in [6.45, 7) is 1.41. The maximum absolute atomic E-state index is 12.6. The molecular formula is C20H24N2O4. The first-order valence-corrected chi connectivity index (χ1v) is 8.75. The molecule has 1 saturated heterocycles. The topological polar surface area (TPSA) is 60.9 Å². The molecule has 138 valence electrons.